The van der Waals surface area contributed by atoms with Gasteiger partial charge >= 0.3 is 6.09 Å². The summed E-state index contributed by atoms with van der Waals surface area (Å²) in [4.78, 5) is 38.2. The van der Waals surface area contributed by atoms with Crippen molar-refractivity contribution in [2.24, 2.45) is 17.8 Å². The summed E-state index contributed by atoms with van der Waals surface area (Å²) in [5.41, 5.74) is 0.901. The summed E-state index contributed by atoms with van der Waals surface area (Å²) in [6.07, 6.45) is -1.02. The van der Waals surface area contributed by atoms with E-state index < -0.39 is 18.0 Å². The van der Waals surface area contributed by atoms with E-state index in [1.807, 2.05) is 4.90 Å². The van der Waals surface area contributed by atoms with Crippen LogP contribution in [0.5, 0.6) is 0 Å². The van der Waals surface area contributed by atoms with Crippen molar-refractivity contribution in [3.05, 3.63) is 24.0 Å². The first-order chi connectivity index (χ1) is 13.4. The number of halogens is 1. The van der Waals surface area contributed by atoms with Crippen LogP contribution in [-0.2, 0) is 14.3 Å². The third-order valence-corrected chi connectivity index (χ3v) is 5.78. The van der Waals surface area contributed by atoms with Gasteiger partial charge in [-0.05, 0) is 30.0 Å². The Morgan fingerprint density at radius 1 is 1.25 bits per heavy atom. The molecule has 1 aliphatic carbocycles. The van der Waals surface area contributed by atoms with Crippen molar-refractivity contribution in [3.63, 3.8) is 0 Å². The fourth-order valence-corrected chi connectivity index (χ4v) is 4.30. The number of nitrogens with one attached hydrogen (secondary N) is 2. The lowest BCUT2D eigenvalue weighted by Crippen LogP contribution is -2.33. The van der Waals surface area contributed by atoms with Gasteiger partial charge in [0.05, 0.1) is 24.5 Å². The van der Waals surface area contributed by atoms with Crippen LogP contribution >= 0.6 is 0 Å². The van der Waals surface area contributed by atoms with Gasteiger partial charge in [-0.25, -0.2) is 9.18 Å². The number of rotatable bonds is 5. The van der Waals surface area contributed by atoms with Gasteiger partial charge in [0.1, 0.15) is 11.9 Å². The van der Waals surface area contributed by atoms with Crippen molar-refractivity contribution < 1.29 is 23.5 Å². The smallest absolute Gasteiger partial charge is 0.414 e. The Balaban J connectivity index is 1.40. The number of hydrogen-bond acceptors (Lipinski definition) is 5. The molecule has 9 heteroatoms. The van der Waals surface area contributed by atoms with Gasteiger partial charge in [0.15, 0.2) is 0 Å². The lowest BCUT2D eigenvalue weighted by Gasteiger charge is -2.23. The number of ether oxygens (including phenoxy) is 1. The van der Waals surface area contributed by atoms with Gasteiger partial charge in [-0.1, -0.05) is 0 Å². The number of cyclic esters (lactones) is 1. The normalized spacial score (nSPS) is 28.0. The maximum absolute atomic E-state index is 14.7. The number of fused-ring (bicyclic) bond motifs is 1. The van der Waals surface area contributed by atoms with E-state index in [9.17, 15) is 18.8 Å². The van der Waals surface area contributed by atoms with Crippen LogP contribution in [0, 0.1) is 23.6 Å². The third-order valence-electron chi connectivity index (χ3n) is 5.78. The molecule has 150 valence electrons. The molecule has 2 unspecified atom stereocenters. The van der Waals surface area contributed by atoms with E-state index in [4.69, 9.17) is 4.74 Å². The molecule has 1 saturated carbocycles. The molecular weight excluding hydrogens is 367 g/mol. The van der Waals surface area contributed by atoms with E-state index in [0.29, 0.717) is 24.5 Å². The fraction of sp³-hybridized carbons (Fsp3) is 0.526. The molecule has 2 aliphatic heterocycles. The minimum absolute atomic E-state index is 0.0449. The van der Waals surface area contributed by atoms with E-state index in [0.717, 1.165) is 0 Å². The van der Waals surface area contributed by atoms with Gasteiger partial charge in [0, 0.05) is 33.0 Å². The molecule has 0 spiro atoms. The average Bonchev–Trinajstić information content (AvgIpc) is 2.99. The number of anilines is 2. The Hall–Kier alpha value is -2.84. The van der Waals surface area contributed by atoms with Crippen molar-refractivity contribution in [2.45, 2.75) is 13.0 Å². The maximum Gasteiger partial charge on any atom is 0.414 e. The largest absolute Gasteiger partial charge is 0.442 e. The molecule has 3 amide bonds. The minimum Gasteiger partial charge on any atom is -0.442 e. The van der Waals surface area contributed by atoms with Gasteiger partial charge in [0.25, 0.3) is 0 Å². The standard InChI is InChI=1S/C19H23FN4O4/c1-10(25)22-6-12-7-24(19(27)28-12)11-3-4-16(15(20)5-11)23-8-13-14(9-23)17(13)18(26)21-2/h3-5,12-14,17H,6-9H2,1-2H3,(H,21,26)(H,22,25)/t12-,13?,14?,17?/m0/s1. The third kappa shape index (κ3) is 3.25. The van der Waals surface area contributed by atoms with Crippen molar-refractivity contribution in [2.75, 3.05) is 43.0 Å². The zero-order valence-corrected chi connectivity index (χ0v) is 15.8. The lowest BCUT2D eigenvalue weighted by molar-refractivity contribution is -0.122. The molecule has 1 aromatic rings. The van der Waals surface area contributed by atoms with Gasteiger partial charge < -0.3 is 20.3 Å². The second kappa shape index (κ2) is 6.96. The van der Waals surface area contributed by atoms with E-state index in [1.54, 1.807) is 19.2 Å². The Bertz CT molecular complexity index is 820. The van der Waals surface area contributed by atoms with Crippen LogP contribution in [0.25, 0.3) is 0 Å². The molecule has 1 aromatic carbocycles. The highest BCUT2D eigenvalue weighted by Gasteiger charge is 2.59. The van der Waals surface area contributed by atoms with Crippen LogP contribution in [0.2, 0.25) is 0 Å². The van der Waals surface area contributed by atoms with Crippen molar-refractivity contribution >= 4 is 29.3 Å². The molecule has 0 bridgehead atoms. The highest BCUT2D eigenvalue weighted by atomic mass is 19.1. The highest BCUT2D eigenvalue weighted by Crippen LogP contribution is 2.52. The Morgan fingerprint density at radius 2 is 1.96 bits per heavy atom. The molecule has 2 heterocycles. The van der Waals surface area contributed by atoms with E-state index in [1.165, 1.54) is 17.9 Å². The summed E-state index contributed by atoms with van der Waals surface area (Å²) in [5, 5.41) is 5.29. The molecule has 0 aromatic heterocycles. The Morgan fingerprint density at radius 3 is 2.57 bits per heavy atom. The molecule has 2 saturated heterocycles. The summed E-state index contributed by atoms with van der Waals surface area (Å²) < 4.78 is 20.0. The van der Waals surface area contributed by atoms with E-state index in [-0.39, 0.29) is 42.7 Å². The predicted octanol–water partition coefficient (Wildman–Crippen LogP) is 0.715. The second-order valence-electron chi connectivity index (χ2n) is 7.56. The van der Waals surface area contributed by atoms with Crippen molar-refractivity contribution in [1.82, 2.24) is 10.6 Å². The monoisotopic (exact) mass is 390 g/mol. The summed E-state index contributed by atoms with van der Waals surface area (Å²) in [6, 6.07) is 4.69. The lowest BCUT2D eigenvalue weighted by atomic mass is 10.2. The zero-order valence-electron chi connectivity index (χ0n) is 15.8. The van der Waals surface area contributed by atoms with Crippen LogP contribution in [0.1, 0.15) is 6.92 Å². The number of benzene rings is 1. The Kier molecular flexibility index (Phi) is 4.60. The zero-order chi connectivity index (χ0) is 20.0. The highest BCUT2D eigenvalue weighted by molar-refractivity contribution is 5.90. The minimum atomic E-state index is -0.557. The molecule has 3 aliphatic rings. The SMILES string of the molecule is CNC(=O)C1C2CN(c3ccc(N4C[C@H](CNC(C)=O)OC4=O)cc3F)CC21. The van der Waals surface area contributed by atoms with Crippen molar-refractivity contribution in [3.8, 4) is 0 Å². The number of nitrogens with zero attached hydrogens (tertiary/aromatic N) is 2. The summed E-state index contributed by atoms with van der Waals surface area (Å²) in [5.74, 6) is 0.0557. The molecule has 0 radical (unpaired) electrons. The first-order valence-corrected chi connectivity index (χ1v) is 9.37. The number of carbonyl (C=O) groups excluding carboxylic acids is 3. The number of piperidine rings is 1. The molecule has 28 heavy (non-hydrogen) atoms. The predicted molar refractivity (Wildman–Crippen MR) is 99.4 cm³/mol. The van der Waals surface area contributed by atoms with Gasteiger partial charge in [-0.2, -0.15) is 0 Å². The number of amides is 3. The summed E-state index contributed by atoms with van der Waals surface area (Å²) >= 11 is 0. The molecule has 8 nitrogen and oxygen atoms in total. The topological polar surface area (TPSA) is 91.0 Å². The van der Waals surface area contributed by atoms with Crippen LogP contribution < -0.4 is 20.4 Å². The fourth-order valence-electron chi connectivity index (χ4n) is 4.30. The summed E-state index contributed by atoms with van der Waals surface area (Å²) in [7, 11) is 1.64. The van der Waals surface area contributed by atoms with Gasteiger partial charge in [-0.15, -0.1) is 0 Å². The second-order valence-corrected chi connectivity index (χ2v) is 7.56. The molecule has 3 atom stereocenters. The number of carbonyl (C=O) groups is 3. The molecular formula is C19H23FN4O4. The van der Waals surface area contributed by atoms with E-state index in [2.05, 4.69) is 10.6 Å². The maximum atomic E-state index is 14.7. The molecule has 4 rings (SSSR count). The van der Waals surface area contributed by atoms with Gasteiger partial charge in [0.2, 0.25) is 11.8 Å². The quantitative estimate of drug-likeness (QED) is 0.773. The first kappa shape index (κ1) is 18.5. The first-order valence-electron chi connectivity index (χ1n) is 9.37. The number of hydrogen-bond donors (Lipinski definition) is 2. The van der Waals surface area contributed by atoms with Gasteiger partial charge in [-0.3, -0.25) is 14.5 Å². The molecule has 3 fully saturated rings. The average molecular weight is 390 g/mol. The van der Waals surface area contributed by atoms with Crippen LogP contribution in [-0.4, -0.2) is 57.2 Å². The van der Waals surface area contributed by atoms with E-state index >= 15 is 0 Å². The summed E-state index contributed by atoms with van der Waals surface area (Å²) in [6.45, 7) is 3.18. The molecule has 2 N–H and O–H groups in total. The Labute approximate surface area is 162 Å². The van der Waals surface area contributed by atoms with Crippen LogP contribution in [0.4, 0.5) is 20.6 Å². The van der Waals surface area contributed by atoms with Crippen LogP contribution in [0.15, 0.2) is 18.2 Å². The van der Waals surface area contributed by atoms with Crippen LogP contribution in [0.3, 0.4) is 0 Å². The van der Waals surface area contributed by atoms with Crippen molar-refractivity contribution in [1.29, 1.82) is 0 Å².